The average molecular weight is 673 g/mol. The Kier molecular flexibility index (Phi) is 12.5. The Morgan fingerprint density at radius 2 is 1.37 bits per heavy atom. The molecule has 38 heavy (non-hydrogen) atoms. The van der Waals surface area contributed by atoms with Gasteiger partial charge in [-0.2, -0.15) is 0 Å². The van der Waals surface area contributed by atoms with Crippen LogP contribution in [0.4, 0.5) is 0 Å². The SMILES string of the molecule is CCC1=Cc2c(-c3cccc(Cl)c3Cl)cccc2C1c1cccc2c1[cH-]c1ccccc12.C[Si]C.[Cl-].[Cl-].[Zr+3]. The van der Waals surface area contributed by atoms with E-state index in [1.54, 1.807) is 0 Å². The third-order valence-electron chi connectivity index (χ3n) is 6.80. The normalized spacial score (nSPS) is 13.4. The topological polar surface area (TPSA) is 0 Å². The summed E-state index contributed by atoms with van der Waals surface area (Å²) in [6, 6.07) is 30.2. The van der Waals surface area contributed by atoms with Gasteiger partial charge in [-0.15, -0.1) is 33.7 Å². The largest absolute Gasteiger partial charge is 3.00 e. The van der Waals surface area contributed by atoms with Crippen LogP contribution in [0.5, 0.6) is 0 Å². The van der Waals surface area contributed by atoms with E-state index in [9.17, 15) is 0 Å². The van der Waals surface area contributed by atoms with Gasteiger partial charge in [-0.25, -0.2) is 0 Å². The maximum absolute atomic E-state index is 6.62. The van der Waals surface area contributed by atoms with Gasteiger partial charge in [-0.1, -0.05) is 127 Å². The van der Waals surface area contributed by atoms with Gasteiger partial charge in [0, 0.05) is 21.0 Å². The van der Waals surface area contributed by atoms with Gasteiger partial charge in [0.05, 0.1) is 10.0 Å². The minimum Gasteiger partial charge on any atom is -1.00 e. The van der Waals surface area contributed by atoms with Gasteiger partial charge < -0.3 is 24.8 Å². The Balaban J connectivity index is 0.000000809. The molecule has 5 aromatic rings. The van der Waals surface area contributed by atoms with E-state index in [0.29, 0.717) is 10.0 Å². The summed E-state index contributed by atoms with van der Waals surface area (Å²) >= 11 is 13.0. The van der Waals surface area contributed by atoms with Crippen molar-refractivity contribution in [3.05, 3.63) is 117 Å². The predicted molar refractivity (Wildman–Crippen MR) is 157 cm³/mol. The Hall–Kier alpha value is -1.25. The van der Waals surface area contributed by atoms with E-state index in [1.807, 2.05) is 12.1 Å². The van der Waals surface area contributed by atoms with Crippen molar-refractivity contribution in [2.45, 2.75) is 32.4 Å². The molecule has 0 nitrogen and oxygen atoms in total. The van der Waals surface area contributed by atoms with Crippen molar-refractivity contribution in [1.82, 2.24) is 0 Å². The summed E-state index contributed by atoms with van der Waals surface area (Å²) in [4.78, 5) is 0. The van der Waals surface area contributed by atoms with Crippen LogP contribution in [0.3, 0.4) is 0 Å². The van der Waals surface area contributed by atoms with Crippen LogP contribution in [0.25, 0.3) is 38.7 Å². The van der Waals surface area contributed by atoms with E-state index in [1.165, 1.54) is 43.8 Å². The Morgan fingerprint density at radius 1 is 0.763 bits per heavy atom. The molecule has 0 aliphatic heterocycles. The number of rotatable bonds is 3. The smallest absolute Gasteiger partial charge is 1.00 e. The summed E-state index contributed by atoms with van der Waals surface area (Å²) in [5, 5.41) is 6.50. The van der Waals surface area contributed by atoms with Crippen molar-refractivity contribution < 1.29 is 51.0 Å². The number of allylic oxidation sites excluding steroid dienone is 1. The molecular weight excluding hydrogens is 645 g/mol. The summed E-state index contributed by atoms with van der Waals surface area (Å²) < 4.78 is 0. The van der Waals surface area contributed by atoms with Crippen LogP contribution in [0.1, 0.15) is 36.0 Å². The number of fused-ring (bicyclic) bond motifs is 4. The maximum atomic E-state index is 6.62. The average Bonchev–Trinajstić information content (AvgIpc) is 3.44. The maximum Gasteiger partial charge on any atom is 3.00 e. The molecule has 0 bridgehead atoms. The van der Waals surface area contributed by atoms with Crippen molar-refractivity contribution in [3.8, 4) is 11.1 Å². The molecule has 0 fully saturated rings. The Labute approximate surface area is 269 Å². The van der Waals surface area contributed by atoms with Crippen LogP contribution >= 0.6 is 23.2 Å². The first kappa shape index (κ1) is 33.0. The van der Waals surface area contributed by atoms with E-state index >= 15 is 0 Å². The summed E-state index contributed by atoms with van der Waals surface area (Å²) in [6.45, 7) is 6.55. The zero-order chi connectivity index (χ0) is 24.5. The molecule has 5 aromatic carbocycles. The Bertz CT molecular complexity index is 1570. The van der Waals surface area contributed by atoms with Gasteiger partial charge in [0.2, 0.25) is 0 Å². The number of benzene rings is 4. The number of hydrogen-bond acceptors (Lipinski definition) is 0. The van der Waals surface area contributed by atoms with Crippen molar-refractivity contribution in [2.75, 3.05) is 0 Å². The fraction of sp³-hybridized carbons (Fsp3) is 0.156. The molecule has 0 saturated heterocycles. The quantitative estimate of drug-likeness (QED) is 0.197. The van der Waals surface area contributed by atoms with Crippen molar-refractivity contribution in [2.24, 2.45) is 0 Å². The van der Waals surface area contributed by atoms with Crippen LogP contribution < -0.4 is 24.8 Å². The molecule has 0 saturated carbocycles. The summed E-state index contributed by atoms with van der Waals surface area (Å²) in [6.07, 6.45) is 3.37. The zero-order valence-electron chi connectivity index (χ0n) is 21.5. The standard InChI is InChI=1S/C30H21Cl2.C2H6Si.2ClH.Zr/c1-2-18-16-26-22(25-14-7-15-28(31)30(25)32)11-6-13-23(26)29(18)24-12-5-10-21-20-9-4-3-8-19(20)17-27(21)24;1-3-2;;;/h3-17,29H,2H2,1H3;1-2H3;2*1H;/q-1;;;;+3/p-2. The second-order valence-electron chi connectivity index (χ2n) is 8.96. The second kappa shape index (κ2) is 14.4. The molecular formula is C32H27Cl4SiZr. The van der Waals surface area contributed by atoms with E-state index in [0.717, 1.165) is 27.1 Å². The van der Waals surface area contributed by atoms with Gasteiger partial charge in [0.25, 0.3) is 0 Å². The first-order chi connectivity index (χ1) is 17.1. The minimum atomic E-state index is 0. The first-order valence-electron chi connectivity index (χ1n) is 12.0. The number of hydrogen-bond donors (Lipinski definition) is 0. The van der Waals surface area contributed by atoms with Gasteiger partial charge in [0.1, 0.15) is 0 Å². The molecule has 1 aliphatic carbocycles. The predicted octanol–water partition coefficient (Wildman–Crippen LogP) is 4.42. The summed E-state index contributed by atoms with van der Waals surface area (Å²) in [7, 11) is 1.08. The molecule has 0 amide bonds. The second-order valence-corrected chi connectivity index (χ2v) is 10.7. The molecule has 0 spiro atoms. The third-order valence-corrected chi connectivity index (χ3v) is 7.62. The van der Waals surface area contributed by atoms with Gasteiger partial charge >= 0.3 is 26.2 Å². The summed E-state index contributed by atoms with van der Waals surface area (Å²) in [5.74, 6) is 0.244. The molecule has 6 rings (SSSR count). The number of halogens is 4. The van der Waals surface area contributed by atoms with Crippen LogP contribution in [0.15, 0.2) is 90.5 Å². The van der Waals surface area contributed by atoms with Crippen molar-refractivity contribution in [1.29, 1.82) is 0 Å². The van der Waals surface area contributed by atoms with Crippen LogP contribution in [-0.4, -0.2) is 9.52 Å². The third kappa shape index (κ3) is 5.92. The van der Waals surface area contributed by atoms with Gasteiger partial charge in [0.15, 0.2) is 0 Å². The molecule has 6 heteroatoms. The van der Waals surface area contributed by atoms with Crippen molar-refractivity contribution >= 4 is 60.3 Å². The van der Waals surface area contributed by atoms with E-state index in [-0.39, 0.29) is 56.9 Å². The molecule has 1 aliphatic rings. The van der Waals surface area contributed by atoms with Gasteiger partial charge in [-0.05, 0) is 29.2 Å². The molecule has 1 unspecified atom stereocenters. The Morgan fingerprint density at radius 3 is 2.11 bits per heavy atom. The molecule has 191 valence electrons. The van der Waals surface area contributed by atoms with E-state index in [2.05, 4.69) is 98.9 Å². The van der Waals surface area contributed by atoms with Crippen LogP contribution in [0, 0.1) is 0 Å². The molecule has 3 radical (unpaired) electrons. The van der Waals surface area contributed by atoms with Crippen LogP contribution in [0.2, 0.25) is 23.1 Å². The fourth-order valence-electron chi connectivity index (χ4n) is 5.34. The molecule has 0 heterocycles. The van der Waals surface area contributed by atoms with E-state index in [4.69, 9.17) is 23.2 Å². The van der Waals surface area contributed by atoms with E-state index < -0.39 is 0 Å². The minimum absolute atomic E-state index is 0. The molecule has 0 N–H and O–H groups in total. The zero-order valence-corrected chi connectivity index (χ0v) is 27.9. The monoisotopic (exact) mass is 669 g/mol. The first-order valence-corrected chi connectivity index (χ1v) is 14.8. The summed E-state index contributed by atoms with van der Waals surface area (Å²) in [5.41, 5.74) is 7.53. The molecule has 1 atom stereocenters. The van der Waals surface area contributed by atoms with Crippen LogP contribution in [-0.2, 0) is 26.2 Å². The fourth-order valence-corrected chi connectivity index (χ4v) is 5.74. The van der Waals surface area contributed by atoms with Gasteiger partial charge in [-0.3, -0.25) is 0 Å². The van der Waals surface area contributed by atoms with Crippen molar-refractivity contribution in [3.63, 3.8) is 0 Å². The molecule has 0 aromatic heterocycles.